The van der Waals surface area contributed by atoms with Crippen LogP contribution in [0.2, 0.25) is 0 Å². The minimum Gasteiger partial charge on any atom is -0.469 e. The summed E-state index contributed by atoms with van der Waals surface area (Å²) in [5.41, 5.74) is 0.606. The molecule has 0 radical (unpaired) electrons. The quantitative estimate of drug-likeness (QED) is 0.574. The van der Waals surface area contributed by atoms with Crippen LogP contribution >= 0.6 is 0 Å². The molecule has 1 aromatic heterocycles. The van der Waals surface area contributed by atoms with Crippen LogP contribution in [0.3, 0.4) is 0 Å². The van der Waals surface area contributed by atoms with Crippen LogP contribution in [0.5, 0.6) is 0 Å². The molecule has 6 nitrogen and oxygen atoms in total. The molecule has 0 aliphatic rings. The maximum atomic E-state index is 10.9. The Bertz CT molecular complexity index is 365. The van der Waals surface area contributed by atoms with Crippen LogP contribution in [0.1, 0.15) is 11.4 Å². The minimum absolute atomic E-state index is 0.0962. The molecule has 15 heavy (non-hydrogen) atoms. The van der Waals surface area contributed by atoms with Gasteiger partial charge in [-0.1, -0.05) is 0 Å². The summed E-state index contributed by atoms with van der Waals surface area (Å²) in [6, 6.07) is 0. The van der Waals surface area contributed by atoms with Gasteiger partial charge in [-0.05, 0) is 5.56 Å². The zero-order valence-corrected chi connectivity index (χ0v) is 8.86. The molecular weight excluding hydrogens is 220 g/mol. The third kappa shape index (κ3) is 4.13. The van der Waals surface area contributed by atoms with E-state index in [9.17, 15) is 9.00 Å². The van der Waals surface area contributed by atoms with E-state index in [1.165, 1.54) is 19.5 Å². The largest absolute Gasteiger partial charge is 0.469 e. The van der Waals surface area contributed by atoms with Gasteiger partial charge in [-0.15, -0.1) is 0 Å². The highest BCUT2D eigenvalue weighted by Crippen LogP contribution is 2.00. The van der Waals surface area contributed by atoms with E-state index in [0.29, 0.717) is 5.56 Å². The van der Waals surface area contributed by atoms with E-state index in [-0.39, 0.29) is 24.0 Å². The van der Waals surface area contributed by atoms with Gasteiger partial charge >= 0.3 is 5.97 Å². The summed E-state index contributed by atoms with van der Waals surface area (Å²) in [5.74, 6) is -0.222. The summed E-state index contributed by atoms with van der Waals surface area (Å²) in [4.78, 5) is 18.5. The standard InChI is InChI=1S/C8H10N2O4S/c1-14-8(11)2-6-3-9-7(10-4-6)5-15(12)13/h3-4H,2,5H2,1H3,(H,12,13). The molecular formula is C8H10N2O4S. The topological polar surface area (TPSA) is 89.4 Å². The second-order valence-electron chi connectivity index (χ2n) is 2.73. The van der Waals surface area contributed by atoms with E-state index in [2.05, 4.69) is 14.7 Å². The fourth-order valence-electron chi connectivity index (χ4n) is 0.897. The molecule has 0 aromatic carbocycles. The molecule has 1 atom stereocenters. The SMILES string of the molecule is COC(=O)Cc1cnc(CS(=O)O)nc1. The van der Waals surface area contributed by atoms with E-state index in [1.807, 2.05) is 0 Å². The smallest absolute Gasteiger partial charge is 0.310 e. The fraction of sp³-hybridized carbons (Fsp3) is 0.375. The summed E-state index contributed by atoms with van der Waals surface area (Å²) in [7, 11) is 1.30. The first kappa shape index (κ1) is 11.7. The first-order valence-electron chi connectivity index (χ1n) is 4.06. The Hall–Kier alpha value is -1.34. The molecule has 0 saturated heterocycles. The zero-order chi connectivity index (χ0) is 11.3. The lowest BCUT2D eigenvalue weighted by Gasteiger charge is -2.00. The van der Waals surface area contributed by atoms with Crippen LogP contribution < -0.4 is 0 Å². The van der Waals surface area contributed by atoms with Gasteiger partial charge in [0.15, 0.2) is 11.1 Å². The van der Waals surface area contributed by atoms with Crippen LogP contribution in [0.25, 0.3) is 0 Å². The molecule has 0 fully saturated rings. The lowest BCUT2D eigenvalue weighted by atomic mass is 10.2. The molecule has 82 valence electrons. The number of carbonyl (C=O) groups excluding carboxylic acids is 1. The van der Waals surface area contributed by atoms with Crippen molar-refractivity contribution in [2.75, 3.05) is 7.11 Å². The summed E-state index contributed by atoms with van der Waals surface area (Å²) in [6.07, 6.45) is 2.97. The fourth-order valence-corrected chi connectivity index (χ4v) is 1.27. The van der Waals surface area contributed by atoms with E-state index in [0.717, 1.165) is 0 Å². The molecule has 7 heteroatoms. The predicted molar refractivity (Wildman–Crippen MR) is 52.2 cm³/mol. The molecule has 0 bridgehead atoms. The van der Waals surface area contributed by atoms with E-state index in [1.54, 1.807) is 0 Å². The van der Waals surface area contributed by atoms with E-state index < -0.39 is 11.1 Å². The second-order valence-corrected chi connectivity index (χ2v) is 3.66. The molecule has 1 N–H and O–H groups in total. The van der Waals surface area contributed by atoms with Crippen molar-refractivity contribution in [2.24, 2.45) is 0 Å². The third-order valence-electron chi connectivity index (χ3n) is 1.59. The van der Waals surface area contributed by atoms with Crippen molar-refractivity contribution in [3.8, 4) is 0 Å². The van der Waals surface area contributed by atoms with Crippen LogP contribution in [-0.4, -0.2) is 31.8 Å². The Morgan fingerprint density at radius 3 is 2.60 bits per heavy atom. The third-order valence-corrected chi connectivity index (χ3v) is 2.09. The second kappa shape index (κ2) is 5.52. The maximum Gasteiger partial charge on any atom is 0.310 e. The molecule has 0 amide bonds. The highest BCUT2D eigenvalue weighted by atomic mass is 32.2. The van der Waals surface area contributed by atoms with Crippen molar-refractivity contribution in [1.82, 2.24) is 9.97 Å². The van der Waals surface area contributed by atoms with Crippen molar-refractivity contribution in [3.05, 3.63) is 23.8 Å². The number of rotatable bonds is 4. The average Bonchev–Trinajstić information content (AvgIpc) is 2.20. The number of hydrogen-bond donors (Lipinski definition) is 1. The average molecular weight is 230 g/mol. The highest BCUT2D eigenvalue weighted by molar-refractivity contribution is 7.78. The molecule has 1 rings (SSSR count). The predicted octanol–water partition coefficient (Wildman–Crippen LogP) is -0.0862. The van der Waals surface area contributed by atoms with Gasteiger partial charge < -0.3 is 9.29 Å². The van der Waals surface area contributed by atoms with Gasteiger partial charge in [0.2, 0.25) is 0 Å². The van der Waals surface area contributed by atoms with Crippen molar-refractivity contribution in [1.29, 1.82) is 0 Å². The molecule has 1 unspecified atom stereocenters. The Balaban J connectivity index is 2.64. The summed E-state index contributed by atoms with van der Waals surface area (Å²) in [6.45, 7) is 0. The lowest BCUT2D eigenvalue weighted by Crippen LogP contribution is -2.06. The zero-order valence-electron chi connectivity index (χ0n) is 8.04. The van der Waals surface area contributed by atoms with Gasteiger partial charge in [-0.3, -0.25) is 4.79 Å². The number of ether oxygens (including phenoxy) is 1. The van der Waals surface area contributed by atoms with Gasteiger partial charge in [-0.25, -0.2) is 14.2 Å². The molecule has 0 saturated carbocycles. The summed E-state index contributed by atoms with van der Waals surface area (Å²) < 4.78 is 23.5. The van der Waals surface area contributed by atoms with Gasteiger partial charge in [0.25, 0.3) is 0 Å². The highest BCUT2D eigenvalue weighted by Gasteiger charge is 2.05. The molecule has 0 spiro atoms. The monoisotopic (exact) mass is 230 g/mol. The summed E-state index contributed by atoms with van der Waals surface area (Å²) in [5, 5.41) is 0. The van der Waals surface area contributed by atoms with Crippen molar-refractivity contribution >= 4 is 17.0 Å². The molecule has 0 aliphatic carbocycles. The van der Waals surface area contributed by atoms with Gasteiger partial charge in [-0.2, -0.15) is 0 Å². The number of carbonyl (C=O) groups is 1. The van der Waals surface area contributed by atoms with Crippen molar-refractivity contribution in [3.63, 3.8) is 0 Å². The number of esters is 1. The van der Waals surface area contributed by atoms with E-state index in [4.69, 9.17) is 4.55 Å². The normalized spacial score (nSPS) is 12.1. The first-order chi connectivity index (χ1) is 7.11. The Morgan fingerprint density at radius 2 is 2.13 bits per heavy atom. The Morgan fingerprint density at radius 1 is 1.53 bits per heavy atom. The van der Waals surface area contributed by atoms with Gasteiger partial charge in [0.1, 0.15) is 11.6 Å². The van der Waals surface area contributed by atoms with Crippen LogP contribution in [0.4, 0.5) is 0 Å². The lowest BCUT2D eigenvalue weighted by molar-refractivity contribution is -0.139. The number of aromatic nitrogens is 2. The van der Waals surface area contributed by atoms with Crippen molar-refractivity contribution in [2.45, 2.75) is 12.2 Å². The first-order valence-corrected chi connectivity index (χ1v) is 5.33. The van der Waals surface area contributed by atoms with E-state index >= 15 is 0 Å². The van der Waals surface area contributed by atoms with Crippen LogP contribution in [-0.2, 0) is 32.8 Å². The number of nitrogens with zero attached hydrogens (tertiary/aromatic N) is 2. The van der Waals surface area contributed by atoms with Crippen LogP contribution in [0, 0.1) is 0 Å². The summed E-state index contributed by atoms with van der Waals surface area (Å²) >= 11 is -1.95. The van der Waals surface area contributed by atoms with Gasteiger partial charge in [0.05, 0.1) is 13.5 Å². The van der Waals surface area contributed by atoms with Crippen molar-refractivity contribution < 1.29 is 18.3 Å². The molecule has 1 aromatic rings. The van der Waals surface area contributed by atoms with Gasteiger partial charge in [0, 0.05) is 12.4 Å². The molecule has 0 aliphatic heterocycles. The Kier molecular flexibility index (Phi) is 4.32. The number of methoxy groups -OCH3 is 1. The Labute approximate surface area is 89.0 Å². The molecule has 1 heterocycles. The van der Waals surface area contributed by atoms with Crippen LogP contribution in [0.15, 0.2) is 12.4 Å². The maximum absolute atomic E-state index is 10.9. The number of hydrogen-bond acceptors (Lipinski definition) is 5. The minimum atomic E-state index is -1.95.